The van der Waals surface area contributed by atoms with Crippen molar-refractivity contribution in [3.63, 3.8) is 0 Å². The fourth-order valence-corrected chi connectivity index (χ4v) is 1.30. The molecular weight excluding hydrogens is 176 g/mol. The summed E-state index contributed by atoms with van der Waals surface area (Å²) in [7, 11) is 3.65. The summed E-state index contributed by atoms with van der Waals surface area (Å²) in [5.74, 6) is 0.731. The van der Waals surface area contributed by atoms with Gasteiger partial charge in [-0.25, -0.2) is 0 Å². The molecule has 1 aromatic carbocycles. The Labute approximate surface area is 85.5 Å². The maximum Gasteiger partial charge on any atom is 0.143 e. The predicted octanol–water partition coefficient (Wildman–Crippen LogP) is 2.12. The summed E-state index contributed by atoms with van der Waals surface area (Å²) in [5.41, 5.74) is 7.68. The maximum atomic E-state index is 5.97. The topological polar surface area (TPSA) is 38.5 Å². The van der Waals surface area contributed by atoms with Crippen molar-refractivity contribution in [3.8, 4) is 5.75 Å². The van der Waals surface area contributed by atoms with E-state index in [1.54, 1.807) is 7.11 Å². The van der Waals surface area contributed by atoms with Gasteiger partial charge >= 0.3 is 0 Å². The van der Waals surface area contributed by atoms with Gasteiger partial charge in [0.2, 0.25) is 0 Å². The number of nitrogen functional groups attached to an aromatic ring is 1. The van der Waals surface area contributed by atoms with E-state index >= 15 is 0 Å². The molecule has 0 unspecified atom stereocenters. The third-order valence-corrected chi connectivity index (χ3v) is 2.42. The Hall–Kier alpha value is -1.38. The molecular formula is C11H18N2O. The Bertz CT molecular complexity index is 310. The van der Waals surface area contributed by atoms with Crippen LogP contribution in [-0.2, 0) is 0 Å². The van der Waals surface area contributed by atoms with Gasteiger partial charge in [-0.15, -0.1) is 0 Å². The van der Waals surface area contributed by atoms with Crippen molar-refractivity contribution in [2.45, 2.75) is 19.9 Å². The molecule has 0 radical (unpaired) electrons. The number of hydrogen-bond donors (Lipinski definition) is 1. The smallest absolute Gasteiger partial charge is 0.143 e. The molecule has 2 N–H and O–H groups in total. The van der Waals surface area contributed by atoms with Crippen molar-refractivity contribution >= 4 is 11.4 Å². The average Bonchev–Trinajstić information content (AvgIpc) is 2.17. The zero-order valence-electron chi connectivity index (χ0n) is 9.24. The molecule has 3 nitrogen and oxygen atoms in total. The lowest BCUT2D eigenvalue weighted by atomic mass is 10.2. The number of anilines is 2. The molecule has 0 fully saturated rings. The van der Waals surface area contributed by atoms with Gasteiger partial charge in [0.15, 0.2) is 0 Å². The molecule has 0 atom stereocenters. The molecule has 0 spiro atoms. The minimum absolute atomic E-state index is 0.421. The molecule has 0 saturated carbocycles. The van der Waals surface area contributed by atoms with Crippen molar-refractivity contribution in [2.24, 2.45) is 0 Å². The second-order valence-corrected chi connectivity index (χ2v) is 3.60. The van der Waals surface area contributed by atoms with Crippen molar-refractivity contribution in [2.75, 3.05) is 24.8 Å². The van der Waals surface area contributed by atoms with Gasteiger partial charge in [-0.2, -0.15) is 0 Å². The summed E-state index contributed by atoms with van der Waals surface area (Å²) in [6.07, 6.45) is 0. The lowest BCUT2D eigenvalue weighted by Crippen LogP contribution is -2.26. The highest BCUT2D eigenvalue weighted by atomic mass is 16.5. The first-order chi connectivity index (χ1) is 6.57. The van der Waals surface area contributed by atoms with E-state index in [0.29, 0.717) is 11.7 Å². The first-order valence-corrected chi connectivity index (χ1v) is 4.73. The Morgan fingerprint density at radius 2 is 2.00 bits per heavy atom. The van der Waals surface area contributed by atoms with Gasteiger partial charge in [-0.3, -0.25) is 0 Å². The van der Waals surface area contributed by atoms with E-state index in [2.05, 4.69) is 18.7 Å². The molecule has 0 heterocycles. The quantitative estimate of drug-likeness (QED) is 0.749. The molecule has 0 bridgehead atoms. The molecule has 1 aromatic rings. The molecule has 78 valence electrons. The van der Waals surface area contributed by atoms with E-state index in [1.807, 2.05) is 25.2 Å². The van der Waals surface area contributed by atoms with Gasteiger partial charge in [0.25, 0.3) is 0 Å². The van der Waals surface area contributed by atoms with Crippen LogP contribution < -0.4 is 15.4 Å². The lowest BCUT2D eigenvalue weighted by molar-refractivity contribution is 0.417. The monoisotopic (exact) mass is 194 g/mol. The van der Waals surface area contributed by atoms with Crippen molar-refractivity contribution in [1.82, 2.24) is 0 Å². The van der Waals surface area contributed by atoms with Crippen LogP contribution in [0.3, 0.4) is 0 Å². The molecule has 14 heavy (non-hydrogen) atoms. The fraction of sp³-hybridized carbons (Fsp3) is 0.455. The SMILES string of the molecule is COc1cccc(N(C)C(C)C)c1N. The van der Waals surface area contributed by atoms with Crippen molar-refractivity contribution in [3.05, 3.63) is 18.2 Å². The molecule has 3 heteroatoms. The summed E-state index contributed by atoms with van der Waals surface area (Å²) in [5, 5.41) is 0. The minimum Gasteiger partial charge on any atom is -0.495 e. The number of para-hydroxylation sites is 1. The molecule has 0 aliphatic carbocycles. The molecule has 0 aliphatic rings. The molecule has 0 aliphatic heterocycles. The molecule has 0 saturated heterocycles. The van der Waals surface area contributed by atoms with Crippen LogP contribution in [0.15, 0.2) is 18.2 Å². The number of hydrogen-bond acceptors (Lipinski definition) is 3. The largest absolute Gasteiger partial charge is 0.495 e. The maximum absolute atomic E-state index is 5.97. The van der Waals surface area contributed by atoms with Crippen LogP contribution in [0, 0.1) is 0 Å². The van der Waals surface area contributed by atoms with Crippen LogP contribution in [0.1, 0.15) is 13.8 Å². The van der Waals surface area contributed by atoms with Crippen molar-refractivity contribution < 1.29 is 4.74 Å². The van der Waals surface area contributed by atoms with Gasteiger partial charge in [0.1, 0.15) is 5.75 Å². The average molecular weight is 194 g/mol. The summed E-state index contributed by atoms with van der Waals surface area (Å²) in [6, 6.07) is 6.23. The zero-order valence-corrected chi connectivity index (χ0v) is 9.24. The number of rotatable bonds is 3. The van der Waals surface area contributed by atoms with E-state index in [9.17, 15) is 0 Å². The van der Waals surface area contributed by atoms with E-state index in [0.717, 1.165) is 11.4 Å². The third-order valence-electron chi connectivity index (χ3n) is 2.42. The molecule has 1 rings (SSSR count). The van der Waals surface area contributed by atoms with Crippen LogP contribution in [0.25, 0.3) is 0 Å². The zero-order chi connectivity index (χ0) is 10.7. The van der Waals surface area contributed by atoms with E-state index in [-0.39, 0.29) is 0 Å². The highest BCUT2D eigenvalue weighted by Gasteiger charge is 2.11. The van der Waals surface area contributed by atoms with E-state index in [4.69, 9.17) is 10.5 Å². The predicted molar refractivity (Wildman–Crippen MR) is 60.9 cm³/mol. The third kappa shape index (κ3) is 1.92. The first-order valence-electron chi connectivity index (χ1n) is 4.73. The Balaban J connectivity index is 3.09. The number of benzene rings is 1. The van der Waals surface area contributed by atoms with Crippen LogP contribution in [0.2, 0.25) is 0 Å². The highest BCUT2D eigenvalue weighted by molar-refractivity contribution is 5.74. The van der Waals surface area contributed by atoms with Crippen molar-refractivity contribution in [1.29, 1.82) is 0 Å². The molecule has 0 amide bonds. The first kappa shape index (κ1) is 10.7. The fourth-order valence-electron chi connectivity index (χ4n) is 1.30. The number of nitrogens with zero attached hydrogens (tertiary/aromatic N) is 1. The van der Waals surface area contributed by atoms with Gasteiger partial charge < -0.3 is 15.4 Å². The second kappa shape index (κ2) is 4.22. The second-order valence-electron chi connectivity index (χ2n) is 3.60. The van der Waals surface area contributed by atoms with Crippen LogP contribution in [-0.4, -0.2) is 20.2 Å². The summed E-state index contributed by atoms with van der Waals surface area (Å²) >= 11 is 0. The standard InChI is InChI=1S/C11H18N2O/c1-8(2)13(3)9-6-5-7-10(14-4)11(9)12/h5-8H,12H2,1-4H3. The van der Waals surface area contributed by atoms with E-state index in [1.165, 1.54) is 0 Å². The van der Waals surface area contributed by atoms with Gasteiger partial charge in [0.05, 0.1) is 18.5 Å². The highest BCUT2D eigenvalue weighted by Crippen LogP contribution is 2.31. The lowest BCUT2D eigenvalue weighted by Gasteiger charge is -2.25. The van der Waals surface area contributed by atoms with Gasteiger partial charge in [-0.05, 0) is 26.0 Å². The number of methoxy groups -OCH3 is 1. The van der Waals surface area contributed by atoms with Gasteiger partial charge in [-0.1, -0.05) is 6.07 Å². The summed E-state index contributed by atoms with van der Waals surface area (Å²) in [4.78, 5) is 2.12. The summed E-state index contributed by atoms with van der Waals surface area (Å²) in [6.45, 7) is 4.25. The van der Waals surface area contributed by atoms with Gasteiger partial charge in [0, 0.05) is 13.1 Å². The molecule has 0 aromatic heterocycles. The Kier molecular flexibility index (Phi) is 3.23. The summed E-state index contributed by atoms with van der Waals surface area (Å²) < 4.78 is 5.16. The minimum atomic E-state index is 0.421. The van der Waals surface area contributed by atoms with Crippen LogP contribution >= 0.6 is 0 Å². The van der Waals surface area contributed by atoms with E-state index < -0.39 is 0 Å². The normalized spacial score (nSPS) is 10.4. The van der Waals surface area contributed by atoms with Crippen LogP contribution in [0.4, 0.5) is 11.4 Å². The Morgan fingerprint density at radius 1 is 1.36 bits per heavy atom. The Morgan fingerprint density at radius 3 is 2.50 bits per heavy atom. The van der Waals surface area contributed by atoms with Crippen LogP contribution in [0.5, 0.6) is 5.75 Å². The number of ether oxygens (including phenoxy) is 1. The number of nitrogens with two attached hydrogens (primary N) is 1.